The van der Waals surface area contributed by atoms with Gasteiger partial charge in [-0.2, -0.15) is 4.98 Å². The molecule has 0 aliphatic heterocycles. The Bertz CT molecular complexity index is 528. The van der Waals surface area contributed by atoms with Crippen LogP contribution in [0, 0.1) is 0 Å². The van der Waals surface area contributed by atoms with Gasteiger partial charge in [0.15, 0.2) is 5.82 Å². The van der Waals surface area contributed by atoms with Gasteiger partial charge in [0, 0.05) is 16.8 Å². The number of nitrogens with zero attached hydrogens (tertiary/aromatic N) is 2. The van der Waals surface area contributed by atoms with Crippen LogP contribution in [-0.2, 0) is 11.3 Å². The smallest absolute Gasteiger partial charge is 0.259 e. The molecule has 0 aliphatic rings. The van der Waals surface area contributed by atoms with E-state index in [0.29, 0.717) is 30.6 Å². The SMILES string of the molecule is CCCOCc1noc(-c2cc(N)ccc2Br)n1. The van der Waals surface area contributed by atoms with Crippen LogP contribution in [0.1, 0.15) is 19.2 Å². The molecule has 2 N–H and O–H groups in total. The van der Waals surface area contributed by atoms with E-state index >= 15 is 0 Å². The van der Waals surface area contributed by atoms with Crippen molar-refractivity contribution >= 4 is 21.6 Å². The van der Waals surface area contributed by atoms with Crippen LogP contribution in [0.25, 0.3) is 11.5 Å². The summed E-state index contributed by atoms with van der Waals surface area (Å²) in [4.78, 5) is 4.27. The largest absolute Gasteiger partial charge is 0.399 e. The van der Waals surface area contributed by atoms with Gasteiger partial charge in [0.1, 0.15) is 6.61 Å². The number of rotatable bonds is 5. The molecule has 5 nitrogen and oxygen atoms in total. The Morgan fingerprint density at radius 2 is 2.28 bits per heavy atom. The van der Waals surface area contributed by atoms with Crippen molar-refractivity contribution in [3.05, 3.63) is 28.5 Å². The molecule has 96 valence electrons. The molecule has 0 bridgehead atoms. The summed E-state index contributed by atoms with van der Waals surface area (Å²) in [5.41, 5.74) is 7.16. The quantitative estimate of drug-likeness (QED) is 0.678. The molecule has 0 spiro atoms. The van der Waals surface area contributed by atoms with E-state index < -0.39 is 0 Å². The minimum absolute atomic E-state index is 0.358. The Kier molecular flexibility index (Phi) is 4.33. The predicted molar refractivity (Wildman–Crippen MR) is 71.8 cm³/mol. The maximum Gasteiger partial charge on any atom is 0.259 e. The molecule has 18 heavy (non-hydrogen) atoms. The molecule has 0 unspecified atom stereocenters. The number of benzene rings is 1. The molecule has 1 aromatic carbocycles. The highest BCUT2D eigenvalue weighted by molar-refractivity contribution is 9.10. The number of hydrogen-bond donors (Lipinski definition) is 1. The van der Waals surface area contributed by atoms with Gasteiger partial charge in [0.25, 0.3) is 5.89 Å². The van der Waals surface area contributed by atoms with Gasteiger partial charge in [0.2, 0.25) is 0 Å². The maximum absolute atomic E-state index is 5.73. The van der Waals surface area contributed by atoms with Crippen LogP contribution in [0.5, 0.6) is 0 Å². The molecule has 2 rings (SSSR count). The monoisotopic (exact) mass is 311 g/mol. The van der Waals surface area contributed by atoms with Gasteiger partial charge in [0.05, 0.1) is 5.56 Å². The van der Waals surface area contributed by atoms with Gasteiger partial charge in [-0.25, -0.2) is 0 Å². The van der Waals surface area contributed by atoms with E-state index in [-0.39, 0.29) is 0 Å². The first-order chi connectivity index (χ1) is 8.70. The van der Waals surface area contributed by atoms with Gasteiger partial charge < -0.3 is 15.0 Å². The molecule has 6 heteroatoms. The van der Waals surface area contributed by atoms with Crippen LogP contribution in [-0.4, -0.2) is 16.7 Å². The molecule has 0 atom stereocenters. The Hall–Kier alpha value is -1.40. The van der Waals surface area contributed by atoms with Crippen molar-refractivity contribution in [2.24, 2.45) is 0 Å². The predicted octanol–water partition coefficient (Wildman–Crippen LogP) is 3.01. The molecule has 0 saturated heterocycles. The molecule has 0 amide bonds. The number of nitrogens with two attached hydrogens (primary N) is 1. The highest BCUT2D eigenvalue weighted by Gasteiger charge is 2.12. The van der Waals surface area contributed by atoms with Crippen molar-refractivity contribution in [3.63, 3.8) is 0 Å². The maximum atomic E-state index is 5.73. The summed E-state index contributed by atoms with van der Waals surface area (Å²) < 4.78 is 11.4. The summed E-state index contributed by atoms with van der Waals surface area (Å²) in [5, 5.41) is 3.86. The van der Waals surface area contributed by atoms with Gasteiger partial charge in [-0.3, -0.25) is 0 Å². The summed E-state index contributed by atoms with van der Waals surface area (Å²) in [6.45, 7) is 3.09. The van der Waals surface area contributed by atoms with Crippen LogP contribution in [0.4, 0.5) is 5.69 Å². The molecule has 1 heterocycles. The van der Waals surface area contributed by atoms with Crippen molar-refractivity contribution in [1.29, 1.82) is 0 Å². The lowest BCUT2D eigenvalue weighted by atomic mass is 10.2. The second-order valence-corrected chi connectivity index (χ2v) is 4.66. The van der Waals surface area contributed by atoms with Crippen molar-refractivity contribution in [2.45, 2.75) is 20.0 Å². The van der Waals surface area contributed by atoms with Gasteiger partial charge in [-0.1, -0.05) is 12.1 Å². The molecule has 0 radical (unpaired) electrons. The van der Waals surface area contributed by atoms with E-state index in [9.17, 15) is 0 Å². The third-order valence-corrected chi connectivity index (χ3v) is 2.96. The Morgan fingerprint density at radius 3 is 3.06 bits per heavy atom. The lowest BCUT2D eigenvalue weighted by molar-refractivity contribution is 0.114. The third kappa shape index (κ3) is 3.08. The van der Waals surface area contributed by atoms with Crippen molar-refractivity contribution < 1.29 is 9.26 Å². The molecule has 2 aromatic rings. The second kappa shape index (κ2) is 5.97. The lowest BCUT2D eigenvalue weighted by Crippen LogP contribution is -1.95. The zero-order valence-corrected chi connectivity index (χ0v) is 11.6. The number of anilines is 1. The van der Waals surface area contributed by atoms with Crippen LogP contribution in [0.15, 0.2) is 27.2 Å². The minimum atomic E-state index is 0.358. The summed E-state index contributed by atoms with van der Waals surface area (Å²) in [7, 11) is 0. The van der Waals surface area contributed by atoms with Gasteiger partial charge in [-0.05, 0) is 40.5 Å². The fraction of sp³-hybridized carbons (Fsp3) is 0.333. The number of ether oxygens (including phenoxy) is 1. The normalized spacial score (nSPS) is 10.8. The van der Waals surface area contributed by atoms with Crippen molar-refractivity contribution in [2.75, 3.05) is 12.3 Å². The first kappa shape index (κ1) is 13.0. The zero-order chi connectivity index (χ0) is 13.0. The molecule has 0 saturated carbocycles. The van der Waals surface area contributed by atoms with Gasteiger partial charge in [-0.15, -0.1) is 0 Å². The number of halogens is 1. The van der Waals surface area contributed by atoms with E-state index in [1.54, 1.807) is 12.1 Å². The topological polar surface area (TPSA) is 74.2 Å². The standard InChI is InChI=1S/C12H14BrN3O2/c1-2-5-17-7-11-15-12(18-16-11)9-6-8(14)3-4-10(9)13/h3-4,6H,2,5,7,14H2,1H3. The van der Waals surface area contributed by atoms with Gasteiger partial charge >= 0.3 is 0 Å². The number of aromatic nitrogens is 2. The van der Waals surface area contributed by atoms with Crippen LogP contribution in [0.2, 0.25) is 0 Å². The lowest BCUT2D eigenvalue weighted by Gasteiger charge is -2.00. The average molecular weight is 312 g/mol. The third-order valence-electron chi connectivity index (χ3n) is 2.27. The minimum Gasteiger partial charge on any atom is -0.399 e. The van der Waals surface area contributed by atoms with Crippen LogP contribution in [0.3, 0.4) is 0 Å². The molecular formula is C12H14BrN3O2. The van der Waals surface area contributed by atoms with Crippen LogP contribution < -0.4 is 5.73 Å². The zero-order valence-electron chi connectivity index (χ0n) is 10.0. The van der Waals surface area contributed by atoms with E-state index in [2.05, 4.69) is 26.1 Å². The number of hydrogen-bond acceptors (Lipinski definition) is 5. The second-order valence-electron chi connectivity index (χ2n) is 3.81. The van der Waals surface area contributed by atoms with E-state index in [4.69, 9.17) is 15.0 Å². The summed E-state index contributed by atoms with van der Waals surface area (Å²) in [5.74, 6) is 0.969. The van der Waals surface area contributed by atoms with Crippen molar-refractivity contribution in [3.8, 4) is 11.5 Å². The fourth-order valence-electron chi connectivity index (χ4n) is 1.44. The van der Waals surface area contributed by atoms with E-state index in [1.165, 1.54) is 0 Å². The summed E-state index contributed by atoms with van der Waals surface area (Å²) in [6, 6.07) is 5.44. The van der Waals surface area contributed by atoms with Crippen LogP contribution >= 0.6 is 15.9 Å². The van der Waals surface area contributed by atoms with E-state index in [1.807, 2.05) is 13.0 Å². The highest BCUT2D eigenvalue weighted by atomic mass is 79.9. The molecular weight excluding hydrogens is 298 g/mol. The van der Waals surface area contributed by atoms with Crippen molar-refractivity contribution in [1.82, 2.24) is 10.1 Å². The Labute approximate surface area is 113 Å². The average Bonchev–Trinajstić information content (AvgIpc) is 2.81. The fourth-order valence-corrected chi connectivity index (χ4v) is 1.85. The summed E-state index contributed by atoms with van der Waals surface area (Å²) in [6.07, 6.45) is 0.964. The number of nitrogen functional groups attached to an aromatic ring is 1. The molecule has 0 fully saturated rings. The molecule has 0 aliphatic carbocycles. The first-order valence-corrected chi connectivity index (χ1v) is 6.45. The highest BCUT2D eigenvalue weighted by Crippen LogP contribution is 2.28. The van der Waals surface area contributed by atoms with E-state index in [0.717, 1.165) is 16.5 Å². The first-order valence-electron chi connectivity index (χ1n) is 5.66. The Balaban J connectivity index is 2.16. The summed E-state index contributed by atoms with van der Waals surface area (Å²) >= 11 is 3.43. The Morgan fingerprint density at radius 1 is 1.44 bits per heavy atom. The molecule has 1 aromatic heterocycles.